The molecule has 16 heavy (non-hydrogen) atoms. The summed E-state index contributed by atoms with van der Waals surface area (Å²) in [5.74, 6) is 0. The predicted molar refractivity (Wildman–Crippen MR) is 67.4 cm³/mol. The van der Waals surface area contributed by atoms with Crippen molar-refractivity contribution in [2.45, 2.75) is 53.6 Å². The van der Waals surface area contributed by atoms with Crippen LogP contribution in [-0.4, -0.2) is 10.1 Å². The van der Waals surface area contributed by atoms with Crippen LogP contribution in [0.25, 0.3) is 0 Å². The van der Waals surface area contributed by atoms with Gasteiger partial charge in [-0.2, -0.15) is 0 Å². The van der Waals surface area contributed by atoms with Crippen LogP contribution < -0.4 is 0 Å². The number of pyridine rings is 1. The molecule has 0 spiro atoms. The first-order valence-corrected chi connectivity index (χ1v) is 5.92. The average Bonchev–Trinajstić information content (AvgIpc) is 2.13. The standard InChI is InChI=1S/C14H23NO/c1-10-6-7-12(11(2)15-10)13(16)8-9-14(3,4)5/h6-7,13,16H,8-9H2,1-5H3. The topological polar surface area (TPSA) is 33.1 Å². The maximum absolute atomic E-state index is 10.1. The summed E-state index contributed by atoms with van der Waals surface area (Å²) >= 11 is 0. The fraction of sp³-hybridized carbons (Fsp3) is 0.643. The molecule has 0 aliphatic heterocycles. The molecule has 1 unspecified atom stereocenters. The largest absolute Gasteiger partial charge is 0.388 e. The summed E-state index contributed by atoms with van der Waals surface area (Å²) in [5.41, 5.74) is 3.19. The number of hydrogen-bond donors (Lipinski definition) is 1. The number of nitrogens with zero attached hydrogens (tertiary/aromatic N) is 1. The highest BCUT2D eigenvalue weighted by molar-refractivity contribution is 5.23. The van der Waals surface area contributed by atoms with E-state index < -0.39 is 0 Å². The lowest BCUT2D eigenvalue weighted by atomic mass is 9.88. The average molecular weight is 221 g/mol. The molecular weight excluding hydrogens is 198 g/mol. The SMILES string of the molecule is Cc1ccc(C(O)CCC(C)(C)C)c(C)n1. The minimum absolute atomic E-state index is 0.271. The smallest absolute Gasteiger partial charge is 0.0807 e. The molecule has 0 fully saturated rings. The number of aliphatic hydroxyl groups excluding tert-OH is 1. The van der Waals surface area contributed by atoms with Crippen LogP contribution >= 0.6 is 0 Å². The fourth-order valence-electron chi connectivity index (χ4n) is 1.77. The molecule has 0 radical (unpaired) electrons. The van der Waals surface area contributed by atoms with Gasteiger partial charge >= 0.3 is 0 Å². The van der Waals surface area contributed by atoms with Gasteiger partial charge in [-0.15, -0.1) is 0 Å². The molecule has 2 nitrogen and oxygen atoms in total. The third-order valence-corrected chi connectivity index (χ3v) is 2.79. The third kappa shape index (κ3) is 3.93. The number of rotatable bonds is 3. The second-order valence-corrected chi connectivity index (χ2v) is 5.74. The second kappa shape index (κ2) is 4.96. The molecule has 0 bridgehead atoms. The summed E-state index contributed by atoms with van der Waals surface area (Å²) < 4.78 is 0. The molecule has 1 rings (SSSR count). The van der Waals surface area contributed by atoms with Gasteiger partial charge in [0.25, 0.3) is 0 Å². The van der Waals surface area contributed by atoms with Gasteiger partial charge < -0.3 is 5.11 Å². The molecule has 0 saturated heterocycles. The van der Waals surface area contributed by atoms with Crippen molar-refractivity contribution < 1.29 is 5.11 Å². The fourth-order valence-corrected chi connectivity index (χ4v) is 1.77. The van der Waals surface area contributed by atoms with Gasteiger partial charge in [0.05, 0.1) is 6.10 Å². The van der Waals surface area contributed by atoms with Crippen molar-refractivity contribution in [3.8, 4) is 0 Å². The first-order valence-electron chi connectivity index (χ1n) is 5.92. The van der Waals surface area contributed by atoms with Gasteiger partial charge in [0, 0.05) is 17.0 Å². The Hall–Kier alpha value is -0.890. The Morgan fingerprint density at radius 2 is 1.88 bits per heavy atom. The number of aromatic nitrogens is 1. The quantitative estimate of drug-likeness (QED) is 0.846. The van der Waals surface area contributed by atoms with Crippen LogP contribution in [0.15, 0.2) is 12.1 Å². The summed E-state index contributed by atoms with van der Waals surface area (Å²) in [4.78, 5) is 4.38. The van der Waals surface area contributed by atoms with Gasteiger partial charge in [0.2, 0.25) is 0 Å². The lowest BCUT2D eigenvalue weighted by Crippen LogP contribution is -2.09. The summed E-state index contributed by atoms with van der Waals surface area (Å²) in [6.45, 7) is 10.5. The lowest BCUT2D eigenvalue weighted by molar-refractivity contribution is 0.146. The van der Waals surface area contributed by atoms with Gasteiger partial charge in [-0.3, -0.25) is 4.98 Å². The lowest BCUT2D eigenvalue weighted by Gasteiger charge is -2.21. The van der Waals surface area contributed by atoms with Crippen LogP contribution in [0.1, 0.15) is 56.7 Å². The first kappa shape index (κ1) is 13.2. The highest BCUT2D eigenvalue weighted by Gasteiger charge is 2.16. The first-order chi connectivity index (χ1) is 7.29. The normalized spacial score (nSPS) is 13.9. The van der Waals surface area contributed by atoms with Crippen LogP contribution in [0.5, 0.6) is 0 Å². The van der Waals surface area contributed by atoms with E-state index in [4.69, 9.17) is 0 Å². The predicted octanol–water partition coefficient (Wildman–Crippen LogP) is 3.56. The van der Waals surface area contributed by atoms with E-state index in [0.717, 1.165) is 29.8 Å². The van der Waals surface area contributed by atoms with Gasteiger partial charge in [0.15, 0.2) is 0 Å². The Morgan fingerprint density at radius 3 is 2.38 bits per heavy atom. The van der Waals surface area contributed by atoms with Crippen molar-refractivity contribution >= 4 is 0 Å². The zero-order valence-electron chi connectivity index (χ0n) is 11.0. The van der Waals surface area contributed by atoms with Crippen LogP contribution in [0.2, 0.25) is 0 Å². The minimum Gasteiger partial charge on any atom is -0.388 e. The highest BCUT2D eigenvalue weighted by Crippen LogP contribution is 2.28. The van der Waals surface area contributed by atoms with E-state index in [1.165, 1.54) is 0 Å². The molecule has 0 aromatic carbocycles. The summed E-state index contributed by atoms with van der Waals surface area (Å²) in [6.07, 6.45) is 1.43. The van der Waals surface area contributed by atoms with E-state index in [0.29, 0.717) is 0 Å². The summed E-state index contributed by atoms with van der Waals surface area (Å²) in [5, 5.41) is 10.1. The van der Waals surface area contributed by atoms with E-state index in [9.17, 15) is 5.11 Å². The van der Waals surface area contributed by atoms with Crippen molar-refractivity contribution in [2.75, 3.05) is 0 Å². The molecule has 1 aromatic rings. The molecule has 1 N–H and O–H groups in total. The Bertz CT molecular complexity index is 352. The molecule has 0 aliphatic carbocycles. The Morgan fingerprint density at radius 1 is 1.25 bits per heavy atom. The molecule has 0 amide bonds. The minimum atomic E-state index is -0.382. The zero-order chi connectivity index (χ0) is 12.3. The number of hydrogen-bond acceptors (Lipinski definition) is 2. The number of aliphatic hydroxyl groups is 1. The van der Waals surface area contributed by atoms with Crippen LogP contribution in [0.3, 0.4) is 0 Å². The maximum atomic E-state index is 10.1. The highest BCUT2D eigenvalue weighted by atomic mass is 16.3. The molecule has 1 aromatic heterocycles. The molecule has 2 heteroatoms. The third-order valence-electron chi connectivity index (χ3n) is 2.79. The van der Waals surface area contributed by atoms with Crippen molar-refractivity contribution in [3.63, 3.8) is 0 Å². The molecule has 1 atom stereocenters. The van der Waals surface area contributed by atoms with Gasteiger partial charge in [0.1, 0.15) is 0 Å². The second-order valence-electron chi connectivity index (χ2n) is 5.74. The maximum Gasteiger partial charge on any atom is 0.0807 e. The van der Waals surface area contributed by atoms with Crippen LogP contribution in [0.4, 0.5) is 0 Å². The molecule has 0 saturated carbocycles. The molecular formula is C14H23NO. The van der Waals surface area contributed by atoms with E-state index in [1.807, 2.05) is 26.0 Å². The van der Waals surface area contributed by atoms with Gasteiger partial charge in [-0.05, 0) is 38.2 Å². The summed E-state index contributed by atoms with van der Waals surface area (Å²) in [7, 11) is 0. The van der Waals surface area contributed by atoms with Crippen LogP contribution in [0, 0.1) is 19.3 Å². The molecule has 1 heterocycles. The van der Waals surface area contributed by atoms with Crippen LogP contribution in [-0.2, 0) is 0 Å². The van der Waals surface area contributed by atoms with Crippen molar-refractivity contribution in [1.29, 1.82) is 0 Å². The van der Waals surface area contributed by atoms with Crippen molar-refractivity contribution in [3.05, 3.63) is 29.1 Å². The zero-order valence-corrected chi connectivity index (χ0v) is 11.0. The summed E-state index contributed by atoms with van der Waals surface area (Å²) in [6, 6.07) is 3.95. The molecule has 90 valence electrons. The van der Waals surface area contributed by atoms with E-state index in [1.54, 1.807) is 0 Å². The van der Waals surface area contributed by atoms with Gasteiger partial charge in [-0.1, -0.05) is 26.8 Å². The number of aryl methyl sites for hydroxylation is 2. The monoisotopic (exact) mass is 221 g/mol. The molecule has 0 aliphatic rings. The Balaban J connectivity index is 2.70. The Kier molecular flexibility index (Phi) is 4.09. The Labute approximate surface area is 98.7 Å². The van der Waals surface area contributed by atoms with Gasteiger partial charge in [-0.25, -0.2) is 0 Å². The van der Waals surface area contributed by atoms with Crippen molar-refractivity contribution in [1.82, 2.24) is 4.98 Å². The van der Waals surface area contributed by atoms with E-state index in [-0.39, 0.29) is 11.5 Å². The van der Waals surface area contributed by atoms with Crippen molar-refractivity contribution in [2.24, 2.45) is 5.41 Å². The van der Waals surface area contributed by atoms with E-state index in [2.05, 4.69) is 25.8 Å². The van der Waals surface area contributed by atoms with E-state index >= 15 is 0 Å².